The Morgan fingerprint density at radius 2 is 1.94 bits per heavy atom. The monoisotopic (exact) mass is 241 g/mol. The third kappa shape index (κ3) is 4.81. The molecule has 3 nitrogen and oxygen atoms in total. The van der Waals surface area contributed by atoms with Crippen LogP contribution in [0.15, 0.2) is 24.3 Å². The lowest BCUT2D eigenvalue weighted by Gasteiger charge is -2.27. The third-order valence-corrected chi connectivity index (χ3v) is 2.41. The fourth-order valence-corrected chi connectivity index (χ4v) is 1.86. The Labute approximate surface area is 101 Å². The van der Waals surface area contributed by atoms with Crippen LogP contribution >= 0.6 is 0 Å². The molecule has 0 spiro atoms. The van der Waals surface area contributed by atoms with Crippen molar-refractivity contribution in [2.75, 3.05) is 20.1 Å². The molecule has 0 radical (unpaired) electrons. The standard InChI is InChI=1S/C13H20FNO2/c1-13(2,17)9-15(3)8-12(16)10-6-4-5-7-11(10)14/h4-7,12,16-17H,8-9H2,1-3H3. The van der Waals surface area contributed by atoms with Gasteiger partial charge in [0.1, 0.15) is 5.82 Å². The molecule has 1 unspecified atom stereocenters. The van der Waals surface area contributed by atoms with Gasteiger partial charge in [-0.1, -0.05) is 18.2 Å². The predicted molar refractivity (Wildman–Crippen MR) is 65.2 cm³/mol. The molecule has 0 saturated carbocycles. The van der Waals surface area contributed by atoms with E-state index in [9.17, 15) is 14.6 Å². The molecule has 0 aliphatic carbocycles. The molecule has 0 aliphatic heterocycles. The van der Waals surface area contributed by atoms with Crippen molar-refractivity contribution in [1.29, 1.82) is 0 Å². The van der Waals surface area contributed by atoms with Crippen molar-refractivity contribution in [3.05, 3.63) is 35.6 Å². The number of hydrogen-bond donors (Lipinski definition) is 2. The van der Waals surface area contributed by atoms with Crippen molar-refractivity contribution in [3.63, 3.8) is 0 Å². The molecule has 17 heavy (non-hydrogen) atoms. The fraction of sp³-hybridized carbons (Fsp3) is 0.538. The first kappa shape index (κ1) is 14.1. The number of halogens is 1. The highest BCUT2D eigenvalue weighted by atomic mass is 19.1. The zero-order valence-electron chi connectivity index (χ0n) is 10.5. The summed E-state index contributed by atoms with van der Waals surface area (Å²) in [7, 11) is 1.78. The van der Waals surface area contributed by atoms with Crippen molar-refractivity contribution < 1.29 is 14.6 Å². The number of likely N-dealkylation sites (N-methyl/N-ethyl adjacent to an activating group) is 1. The predicted octanol–water partition coefficient (Wildman–Crippen LogP) is 1.56. The maximum absolute atomic E-state index is 13.4. The molecule has 0 amide bonds. The summed E-state index contributed by atoms with van der Waals surface area (Å²) < 4.78 is 13.4. The summed E-state index contributed by atoms with van der Waals surface area (Å²) in [4.78, 5) is 1.77. The topological polar surface area (TPSA) is 43.7 Å². The fourth-order valence-electron chi connectivity index (χ4n) is 1.86. The number of hydrogen-bond acceptors (Lipinski definition) is 3. The lowest BCUT2D eigenvalue weighted by molar-refractivity contribution is 0.0279. The van der Waals surface area contributed by atoms with E-state index in [1.54, 1.807) is 44.0 Å². The SMILES string of the molecule is CN(CC(O)c1ccccc1F)CC(C)(C)O. The third-order valence-electron chi connectivity index (χ3n) is 2.41. The lowest BCUT2D eigenvalue weighted by atomic mass is 10.1. The molecule has 4 heteroatoms. The molecule has 0 fully saturated rings. The quantitative estimate of drug-likeness (QED) is 0.822. The molecular formula is C13H20FNO2. The molecule has 0 saturated heterocycles. The van der Waals surface area contributed by atoms with E-state index in [1.165, 1.54) is 6.07 Å². The molecule has 96 valence electrons. The van der Waals surface area contributed by atoms with Gasteiger partial charge in [0.2, 0.25) is 0 Å². The first-order valence-corrected chi connectivity index (χ1v) is 5.63. The molecule has 0 aromatic heterocycles. The van der Waals surface area contributed by atoms with Gasteiger partial charge in [-0.2, -0.15) is 0 Å². The van der Waals surface area contributed by atoms with Crippen molar-refractivity contribution in [2.24, 2.45) is 0 Å². The van der Waals surface area contributed by atoms with Crippen LogP contribution in [0, 0.1) is 5.82 Å². The highest BCUT2D eigenvalue weighted by molar-refractivity contribution is 5.19. The second-order valence-corrected chi connectivity index (χ2v) is 5.05. The van der Waals surface area contributed by atoms with E-state index in [-0.39, 0.29) is 12.1 Å². The van der Waals surface area contributed by atoms with Gasteiger partial charge in [-0.05, 0) is 27.0 Å². The van der Waals surface area contributed by atoms with Crippen LogP contribution in [-0.4, -0.2) is 40.9 Å². The minimum Gasteiger partial charge on any atom is -0.389 e. The van der Waals surface area contributed by atoms with Gasteiger partial charge in [0.25, 0.3) is 0 Å². The van der Waals surface area contributed by atoms with Crippen LogP contribution in [0.1, 0.15) is 25.5 Å². The van der Waals surface area contributed by atoms with Gasteiger partial charge in [0.15, 0.2) is 0 Å². The van der Waals surface area contributed by atoms with E-state index < -0.39 is 17.5 Å². The maximum Gasteiger partial charge on any atom is 0.129 e. The Bertz CT molecular complexity index is 363. The highest BCUT2D eigenvalue weighted by Gasteiger charge is 2.19. The molecule has 1 aromatic carbocycles. The molecule has 0 bridgehead atoms. The number of aliphatic hydroxyl groups is 2. The van der Waals surface area contributed by atoms with E-state index in [1.807, 2.05) is 0 Å². The van der Waals surface area contributed by atoms with Crippen molar-refractivity contribution in [1.82, 2.24) is 4.90 Å². The Hall–Kier alpha value is -0.970. The van der Waals surface area contributed by atoms with E-state index in [0.29, 0.717) is 6.54 Å². The zero-order valence-corrected chi connectivity index (χ0v) is 10.5. The average Bonchev–Trinajstić information content (AvgIpc) is 2.14. The molecule has 1 aromatic rings. The first-order valence-electron chi connectivity index (χ1n) is 5.63. The van der Waals surface area contributed by atoms with Crippen LogP contribution in [0.25, 0.3) is 0 Å². The highest BCUT2D eigenvalue weighted by Crippen LogP contribution is 2.18. The minimum atomic E-state index is -0.886. The first-order chi connectivity index (χ1) is 7.79. The van der Waals surface area contributed by atoms with Crippen LogP contribution in [-0.2, 0) is 0 Å². The smallest absolute Gasteiger partial charge is 0.129 e. The van der Waals surface area contributed by atoms with E-state index >= 15 is 0 Å². The number of aliphatic hydroxyl groups excluding tert-OH is 1. The summed E-state index contributed by atoms with van der Waals surface area (Å²) in [6, 6.07) is 6.18. The summed E-state index contributed by atoms with van der Waals surface area (Å²) in [6.07, 6.45) is -0.886. The largest absolute Gasteiger partial charge is 0.389 e. The van der Waals surface area contributed by atoms with Gasteiger partial charge in [-0.15, -0.1) is 0 Å². The normalized spacial score (nSPS) is 14.1. The lowest BCUT2D eigenvalue weighted by Crippen LogP contribution is -2.38. The van der Waals surface area contributed by atoms with Crippen LogP contribution < -0.4 is 0 Å². The van der Waals surface area contributed by atoms with E-state index in [4.69, 9.17) is 0 Å². The summed E-state index contributed by atoms with van der Waals surface area (Å²) in [5.74, 6) is -0.406. The number of benzene rings is 1. The van der Waals surface area contributed by atoms with Crippen molar-refractivity contribution in [2.45, 2.75) is 25.6 Å². The molecule has 2 N–H and O–H groups in total. The van der Waals surface area contributed by atoms with Gasteiger partial charge < -0.3 is 15.1 Å². The van der Waals surface area contributed by atoms with E-state index in [2.05, 4.69) is 0 Å². The maximum atomic E-state index is 13.4. The second kappa shape index (κ2) is 5.58. The molecule has 0 aliphatic rings. The van der Waals surface area contributed by atoms with Gasteiger partial charge in [-0.3, -0.25) is 0 Å². The van der Waals surface area contributed by atoms with Crippen molar-refractivity contribution in [3.8, 4) is 0 Å². The second-order valence-electron chi connectivity index (χ2n) is 5.05. The van der Waals surface area contributed by atoms with Gasteiger partial charge in [0, 0.05) is 18.7 Å². The Morgan fingerprint density at radius 3 is 2.47 bits per heavy atom. The number of rotatable bonds is 5. The zero-order chi connectivity index (χ0) is 13.1. The number of nitrogens with zero attached hydrogens (tertiary/aromatic N) is 1. The Balaban J connectivity index is 2.61. The van der Waals surface area contributed by atoms with Crippen molar-refractivity contribution >= 4 is 0 Å². The minimum absolute atomic E-state index is 0.283. The Kier molecular flexibility index (Phi) is 4.62. The molecular weight excluding hydrogens is 221 g/mol. The van der Waals surface area contributed by atoms with Crippen LogP contribution in [0.5, 0.6) is 0 Å². The van der Waals surface area contributed by atoms with Crippen LogP contribution in [0.4, 0.5) is 4.39 Å². The molecule has 1 atom stereocenters. The van der Waals surface area contributed by atoms with Gasteiger partial charge in [0.05, 0.1) is 11.7 Å². The molecule has 1 rings (SSSR count). The van der Waals surface area contributed by atoms with Crippen LogP contribution in [0.2, 0.25) is 0 Å². The summed E-state index contributed by atoms with van der Waals surface area (Å²) in [5, 5.41) is 19.5. The molecule has 0 heterocycles. The average molecular weight is 241 g/mol. The Morgan fingerprint density at radius 1 is 1.35 bits per heavy atom. The van der Waals surface area contributed by atoms with E-state index in [0.717, 1.165) is 0 Å². The summed E-state index contributed by atoms with van der Waals surface area (Å²) in [6.45, 7) is 4.08. The van der Waals surface area contributed by atoms with Gasteiger partial charge in [-0.25, -0.2) is 4.39 Å². The van der Waals surface area contributed by atoms with Crippen LogP contribution in [0.3, 0.4) is 0 Å². The van der Waals surface area contributed by atoms with Gasteiger partial charge >= 0.3 is 0 Å². The summed E-state index contributed by atoms with van der Waals surface area (Å²) >= 11 is 0. The summed E-state index contributed by atoms with van der Waals surface area (Å²) in [5.41, 5.74) is -0.543.